The van der Waals surface area contributed by atoms with E-state index in [1.54, 1.807) is 42.5 Å². The maximum atomic E-state index is 13.2. The van der Waals surface area contributed by atoms with Crippen molar-refractivity contribution < 1.29 is 9.18 Å². The van der Waals surface area contributed by atoms with Crippen molar-refractivity contribution in [3.05, 3.63) is 83.9 Å². The molecule has 25 heavy (non-hydrogen) atoms. The molecule has 0 aliphatic rings. The van der Waals surface area contributed by atoms with Gasteiger partial charge in [0.25, 0.3) is 5.91 Å². The number of nitrogens with zero attached hydrogens (tertiary/aromatic N) is 2. The summed E-state index contributed by atoms with van der Waals surface area (Å²) < 4.78 is 13.2. The average molecular weight is 332 g/mol. The zero-order chi connectivity index (χ0) is 17.6. The molecule has 1 amide bonds. The number of para-hydroxylation sites is 1. The highest BCUT2D eigenvalue weighted by atomic mass is 19.1. The zero-order valence-corrected chi connectivity index (χ0v) is 13.0. The Morgan fingerprint density at radius 3 is 2.68 bits per heavy atom. The number of nitrogens with one attached hydrogen (secondary N) is 2. The van der Waals surface area contributed by atoms with Crippen molar-refractivity contribution in [3.63, 3.8) is 0 Å². The number of aromatic nitrogens is 1. The van der Waals surface area contributed by atoms with E-state index in [4.69, 9.17) is 5.26 Å². The van der Waals surface area contributed by atoms with Crippen LogP contribution in [-0.4, -0.2) is 10.9 Å². The predicted octanol–water partition coefficient (Wildman–Crippen LogP) is 4.09. The van der Waals surface area contributed by atoms with Crippen molar-refractivity contribution >= 4 is 23.0 Å². The summed E-state index contributed by atoms with van der Waals surface area (Å²) in [5.41, 5.74) is 2.21. The van der Waals surface area contributed by atoms with E-state index in [-0.39, 0.29) is 5.82 Å². The molecule has 0 bridgehead atoms. The number of benzene rings is 2. The van der Waals surface area contributed by atoms with Gasteiger partial charge in [-0.05, 0) is 36.4 Å². The molecule has 1 aromatic heterocycles. The van der Waals surface area contributed by atoms with Crippen LogP contribution in [0.5, 0.6) is 0 Å². The average Bonchev–Trinajstić information content (AvgIpc) is 2.62. The van der Waals surface area contributed by atoms with Gasteiger partial charge in [0.2, 0.25) is 0 Å². The number of rotatable bonds is 4. The Hall–Kier alpha value is -3.72. The lowest BCUT2D eigenvalue weighted by molar-refractivity contribution is 0.102. The Kier molecular flexibility index (Phi) is 4.67. The third-order valence-electron chi connectivity index (χ3n) is 3.41. The van der Waals surface area contributed by atoms with Crippen LogP contribution in [-0.2, 0) is 0 Å². The van der Waals surface area contributed by atoms with E-state index in [1.165, 1.54) is 24.5 Å². The molecule has 0 aliphatic carbocycles. The topological polar surface area (TPSA) is 77.8 Å². The first-order chi connectivity index (χ1) is 12.2. The van der Waals surface area contributed by atoms with Crippen LogP contribution in [0.3, 0.4) is 0 Å². The summed E-state index contributed by atoms with van der Waals surface area (Å²) in [5.74, 6) is -0.752. The molecule has 0 radical (unpaired) electrons. The van der Waals surface area contributed by atoms with E-state index < -0.39 is 5.91 Å². The molecule has 3 aromatic rings. The molecule has 0 atom stereocenters. The van der Waals surface area contributed by atoms with Crippen LogP contribution in [0.2, 0.25) is 0 Å². The highest BCUT2D eigenvalue weighted by Gasteiger charge is 2.10. The molecule has 5 nitrogen and oxygen atoms in total. The molecule has 0 fully saturated rings. The van der Waals surface area contributed by atoms with E-state index in [9.17, 15) is 9.18 Å². The fourth-order valence-corrected chi connectivity index (χ4v) is 2.25. The summed E-state index contributed by atoms with van der Waals surface area (Å²) in [6.07, 6.45) is 2.95. The van der Waals surface area contributed by atoms with Crippen molar-refractivity contribution in [1.82, 2.24) is 4.98 Å². The molecule has 122 valence electrons. The first-order valence-corrected chi connectivity index (χ1v) is 7.44. The maximum absolute atomic E-state index is 13.2. The number of hydrogen-bond acceptors (Lipinski definition) is 4. The molecule has 0 spiro atoms. The van der Waals surface area contributed by atoms with Crippen molar-refractivity contribution in [2.24, 2.45) is 0 Å². The number of carbonyl (C=O) groups excluding carboxylic acids is 1. The lowest BCUT2D eigenvalue weighted by Crippen LogP contribution is -2.13. The standard InChI is InChI=1S/C19H13FN4O/c20-15-5-3-6-16(9-15)23-17-8-14(11-22-12-17)19(25)24-18-7-2-1-4-13(18)10-21/h1-9,11-12,23H,(H,24,25). The summed E-state index contributed by atoms with van der Waals surface area (Å²) in [4.78, 5) is 16.4. The molecule has 0 saturated carbocycles. The van der Waals surface area contributed by atoms with Crippen LogP contribution < -0.4 is 10.6 Å². The van der Waals surface area contributed by atoms with Crippen LogP contribution in [0.1, 0.15) is 15.9 Å². The molecule has 0 aliphatic heterocycles. The third kappa shape index (κ3) is 3.98. The van der Waals surface area contributed by atoms with Gasteiger partial charge in [0.05, 0.1) is 28.7 Å². The summed E-state index contributed by atoms with van der Waals surface area (Å²) >= 11 is 0. The Labute approximate surface area is 143 Å². The van der Waals surface area contributed by atoms with Crippen LogP contribution >= 0.6 is 0 Å². The smallest absolute Gasteiger partial charge is 0.257 e. The molecule has 0 saturated heterocycles. The van der Waals surface area contributed by atoms with Gasteiger partial charge in [-0.3, -0.25) is 9.78 Å². The first kappa shape index (κ1) is 16.1. The van der Waals surface area contributed by atoms with Gasteiger partial charge in [0, 0.05) is 11.9 Å². The summed E-state index contributed by atoms with van der Waals surface area (Å²) in [5, 5.41) is 14.8. The Morgan fingerprint density at radius 1 is 1.04 bits per heavy atom. The zero-order valence-electron chi connectivity index (χ0n) is 13.0. The largest absolute Gasteiger partial charge is 0.354 e. The van der Waals surface area contributed by atoms with Crippen LogP contribution in [0.15, 0.2) is 67.0 Å². The van der Waals surface area contributed by atoms with E-state index in [0.29, 0.717) is 28.2 Å². The molecule has 2 aromatic carbocycles. The molecule has 2 N–H and O–H groups in total. The van der Waals surface area contributed by atoms with E-state index in [1.807, 2.05) is 6.07 Å². The minimum absolute atomic E-state index is 0.314. The Morgan fingerprint density at radius 2 is 1.88 bits per heavy atom. The molecule has 6 heteroatoms. The van der Waals surface area contributed by atoms with Gasteiger partial charge in [-0.2, -0.15) is 5.26 Å². The highest BCUT2D eigenvalue weighted by Crippen LogP contribution is 2.19. The second-order valence-electron chi connectivity index (χ2n) is 5.21. The predicted molar refractivity (Wildman–Crippen MR) is 93.0 cm³/mol. The second kappa shape index (κ2) is 7.23. The summed E-state index contributed by atoms with van der Waals surface area (Å²) in [7, 11) is 0. The number of halogens is 1. The van der Waals surface area contributed by atoms with Gasteiger partial charge >= 0.3 is 0 Å². The van der Waals surface area contributed by atoms with E-state index in [2.05, 4.69) is 15.6 Å². The number of nitriles is 1. The fourth-order valence-electron chi connectivity index (χ4n) is 2.25. The van der Waals surface area contributed by atoms with Gasteiger partial charge in [0.15, 0.2) is 0 Å². The van der Waals surface area contributed by atoms with Gasteiger partial charge in [0.1, 0.15) is 11.9 Å². The minimum atomic E-state index is -0.391. The van der Waals surface area contributed by atoms with Crippen molar-refractivity contribution in [1.29, 1.82) is 5.26 Å². The SMILES string of the molecule is N#Cc1ccccc1NC(=O)c1cncc(Nc2cccc(F)c2)c1. The van der Waals surface area contributed by atoms with Gasteiger partial charge in [-0.15, -0.1) is 0 Å². The lowest BCUT2D eigenvalue weighted by Gasteiger charge is -2.09. The van der Waals surface area contributed by atoms with Crippen LogP contribution in [0, 0.1) is 17.1 Å². The van der Waals surface area contributed by atoms with Crippen molar-refractivity contribution in [3.8, 4) is 6.07 Å². The Balaban J connectivity index is 1.79. The summed E-state index contributed by atoms with van der Waals surface area (Å²) in [6.45, 7) is 0. The molecule has 1 heterocycles. The monoisotopic (exact) mass is 332 g/mol. The van der Waals surface area contributed by atoms with Crippen LogP contribution in [0.25, 0.3) is 0 Å². The molecule has 0 unspecified atom stereocenters. The van der Waals surface area contributed by atoms with E-state index >= 15 is 0 Å². The third-order valence-corrected chi connectivity index (χ3v) is 3.41. The lowest BCUT2D eigenvalue weighted by atomic mass is 10.2. The molecular weight excluding hydrogens is 319 g/mol. The highest BCUT2D eigenvalue weighted by molar-refractivity contribution is 6.05. The first-order valence-electron chi connectivity index (χ1n) is 7.44. The minimum Gasteiger partial charge on any atom is -0.354 e. The number of anilines is 3. The van der Waals surface area contributed by atoms with E-state index in [0.717, 1.165) is 0 Å². The van der Waals surface area contributed by atoms with Gasteiger partial charge < -0.3 is 10.6 Å². The maximum Gasteiger partial charge on any atom is 0.257 e. The number of pyridine rings is 1. The van der Waals surface area contributed by atoms with Crippen molar-refractivity contribution in [2.45, 2.75) is 0 Å². The van der Waals surface area contributed by atoms with Crippen molar-refractivity contribution in [2.75, 3.05) is 10.6 Å². The van der Waals surface area contributed by atoms with Gasteiger partial charge in [-0.25, -0.2) is 4.39 Å². The molecular formula is C19H13FN4O. The summed E-state index contributed by atoms with van der Waals surface area (Å²) in [6, 6.07) is 16.3. The number of hydrogen-bond donors (Lipinski definition) is 2. The van der Waals surface area contributed by atoms with Crippen LogP contribution in [0.4, 0.5) is 21.5 Å². The normalized spacial score (nSPS) is 9.92. The second-order valence-corrected chi connectivity index (χ2v) is 5.21. The molecule has 3 rings (SSSR count). The number of carbonyl (C=O) groups is 1. The quantitative estimate of drug-likeness (QED) is 0.754. The Bertz CT molecular complexity index is 965. The fraction of sp³-hybridized carbons (Fsp3) is 0. The number of amides is 1. The van der Waals surface area contributed by atoms with Gasteiger partial charge in [-0.1, -0.05) is 18.2 Å².